The fraction of sp³-hybridized carbons (Fsp3) is 0.400. The van der Waals surface area contributed by atoms with Gasteiger partial charge in [0.25, 0.3) is 0 Å². The van der Waals surface area contributed by atoms with Crippen LogP contribution >= 0.6 is 23.2 Å². The predicted molar refractivity (Wildman–Crippen MR) is 55.0 cm³/mol. The van der Waals surface area contributed by atoms with Crippen LogP contribution in [0.3, 0.4) is 0 Å². The van der Waals surface area contributed by atoms with Crippen molar-refractivity contribution >= 4 is 23.2 Å². The van der Waals surface area contributed by atoms with Gasteiger partial charge in [0.05, 0.1) is 0 Å². The van der Waals surface area contributed by atoms with Crippen molar-refractivity contribution < 1.29 is 0 Å². The van der Waals surface area contributed by atoms with Gasteiger partial charge in [0.15, 0.2) is 0 Å². The minimum atomic E-state index is -0.413. The molecule has 1 rings (SSSR count). The maximum atomic E-state index is 5.82. The zero-order chi connectivity index (χ0) is 9.14. The smallest absolute Gasteiger partial charge is 0.100 e. The average molecular weight is 203 g/mol. The molecular weight excluding hydrogens is 191 g/mol. The van der Waals surface area contributed by atoms with E-state index in [1.54, 1.807) is 0 Å². The number of halogens is 2. The van der Waals surface area contributed by atoms with E-state index in [9.17, 15) is 0 Å². The Bertz CT molecular complexity index is 227. The molecule has 0 saturated heterocycles. The van der Waals surface area contributed by atoms with Crippen molar-refractivity contribution in [2.24, 2.45) is 0 Å². The van der Waals surface area contributed by atoms with E-state index in [2.05, 4.69) is 19.9 Å². The molecule has 2 heteroatoms. The Morgan fingerprint density at radius 3 is 1.83 bits per heavy atom. The molecule has 0 aliphatic heterocycles. The van der Waals surface area contributed by atoms with E-state index >= 15 is 0 Å². The van der Waals surface area contributed by atoms with E-state index in [1.807, 2.05) is 18.2 Å². The van der Waals surface area contributed by atoms with Crippen molar-refractivity contribution in [3.05, 3.63) is 35.4 Å². The van der Waals surface area contributed by atoms with Crippen LogP contribution in [0.4, 0.5) is 0 Å². The zero-order valence-corrected chi connectivity index (χ0v) is 8.73. The molecule has 0 atom stereocenters. The summed E-state index contributed by atoms with van der Waals surface area (Å²) in [5.74, 6) is 0.473. The van der Waals surface area contributed by atoms with Gasteiger partial charge in [-0.2, -0.15) is 0 Å². The van der Waals surface area contributed by atoms with Crippen molar-refractivity contribution in [2.45, 2.75) is 24.6 Å². The highest BCUT2D eigenvalue weighted by Gasteiger charge is 2.10. The second-order valence-corrected chi connectivity index (χ2v) is 4.18. The molecule has 1 aromatic rings. The maximum absolute atomic E-state index is 5.82. The standard InChI is InChI=1S/C10H12Cl2/c1-7(2)8-5-3-4-6-9(8)10(11)12/h3-7,10H,1-2H3. The van der Waals surface area contributed by atoms with Crippen molar-refractivity contribution in [3.63, 3.8) is 0 Å². The Morgan fingerprint density at radius 2 is 1.50 bits per heavy atom. The summed E-state index contributed by atoms with van der Waals surface area (Å²) in [6, 6.07) is 8.01. The van der Waals surface area contributed by atoms with Gasteiger partial charge < -0.3 is 0 Å². The Hall–Kier alpha value is -0.200. The normalized spacial score (nSPS) is 11.2. The lowest BCUT2D eigenvalue weighted by atomic mass is 9.98. The minimum Gasteiger partial charge on any atom is -0.100 e. The molecule has 0 aliphatic carbocycles. The van der Waals surface area contributed by atoms with Gasteiger partial charge >= 0.3 is 0 Å². The third-order valence-corrected chi connectivity index (χ3v) is 2.32. The van der Waals surface area contributed by atoms with Crippen LogP contribution in [-0.4, -0.2) is 0 Å². The van der Waals surface area contributed by atoms with Gasteiger partial charge in [-0.15, -0.1) is 23.2 Å². The molecule has 12 heavy (non-hydrogen) atoms. The molecule has 0 nitrogen and oxygen atoms in total. The van der Waals surface area contributed by atoms with Crippen molar-refractivity contribution in [1.82, 2.24) is 0 Å². The Kier molecular flexibility index (Phi) is 3.42. The predicted octanol–water partition coefficient (Wildman–Crippen LogP) is 4.29. The first-order valence-electron chi connectivity index (χ1n) is 4.00. The summed E-state index contributed by atoms with van der Waals surface area (Å²) >= 11 is 11.6. The molecule has 0 spiro atoms. The van der Waals surface area contributed by atoms with E-state index in [0.29, 0.717) is 5.92 Å². The van der Waals surface area contributed by atoms with E-state index in [-0.39, 0.29) is 0 Å². The average Bonchev–Trinajstić information content (AvgIpc) is 2.04. The fourth-order valence-electron chi connectivity index (χ4n) is 1.24. The Morgan fingerprint density at radius 1 is 1.00 bits per heavy atom. The Balaban J connectivity index is 3.09. The minimum absolute atomic E-state index is 0.413. The molecular formula is C10H12Cl2. The molecule has 0 unspecified atom stereocenters. The van der Waals surface area contributed by atoms with Crippen LogP contribution in [0.5, 0.6) is 0 Å². The van der Waals surface area contributed by atoms with E-state index in [4.69, 9.17) is 23.2 Å². The van der Waals surface area contributed by atoms with Crippen LogP contribution in [0, 0.1) is 0 Å². The molecule has 0 amide bonds. The second-order valence-electron chi connectivity index (χ2n) is 3.08. The SMILES string of the molecule is CC(C)c1ccccc1C(Cl)Cl. The molecule has 0 N–H and O–H groups in total. The summed E-state index contributed by atoms with van der Waals surface area (Å²) in [6.45, 7) is 4.27. The van der Waals surface area contributed by atoms with Crippen LogP contribution in [-0.2, 0) is 0 Å². The van der Waals surface area contributed by atoms with E-state index < -0.39 is 4.84 Å². The molecule has 0 heterocycles. The van der Waals surface area contributed by atoms with Gasteiger partial charge in [-0.1, -0.05) is 38.1 Å². The van der Waals surface area contributed by atoms with Gasteiger partial charge in [0.2, 0.25) is 0 Å². The molecule has 66 valence electrons. The van der Waals surface area contributed by atoms with Gasteiger partial charge in [0.1, 0.15) is 4.84 Å². The molecule has 0 aliphatic rings. The first kappa shape index (κ1) is 9.88. The van der Waals surface area contributed by atoms with Gasteiger partial charge in [0, 0.05) is 0 Å². The molecule has 0 bridgehead atoms. The maximum Gasteiger partial charge on any atom is 0.133 e. The lowest BCUT2D eigenvalue weighted by Gasteiger charge is -2.12. The lowest BCUT2D eigenvalue weighted by Crippen LogP contribution is -1.94. The monoisotopic (exact) mass is 202 g/mol. The third kappa shape index (κ3) is 2.15. The lowest BCUT2D eigenvalue weighted by molar-refractivity contribution is 0.852. The molecule has 1 aromatic carbocycles. The van der Waals surface area contributed by atoms with Crippen molar-refractivity contribution in [1.29, 1.82) is 0 Å². The first-order chi connectivity index (χ1) is 5.63. The summed E-state index contributed by atoms with van der Waals surface area (Å²) < 4.78 is 0. The summed E-state index contributed by atoms with van der Waals surface area (Å²) in [6.07, 6.45) is 0. The van der Waals surface area contributed by atoms with Crippen LogP contribution in [0.25, 0.3) is 0 Å². The Labute approximate surface area is 83.5 Å². The van der Waals surface area contributed by atoms with Gasteiger partial charge in [-0.05, 0) is 17.0 Å². The number of benzene rings is 1. The van der Waals surface area contributed by atoms with E-state index in [1.165, 1.54) is 5.56 Å². The topological polar surface area (TPSA) is 0 Å². The highest BCUT2D eigenvalue weighted by Crippen LogP contribution is 2.31. The highest BCUT2D eigenvalue weighted by atomic mass is 35.5. The molecule has 0 radical (unpaired) electrons. The van der Waals surface area contributed by atoms with Crippen molar-refractivity contribution in [2.75, 3.05) is 0 Å². The van der Waals surface area contributed by atoms with Crippen LogP contribution in [0.15, 0.2) is 24.3 Å². The van der Waals surface area contributed by atoms with Gasteiger partial charge in [-0.25, -0.2) is 0 Å². The summed E-state index contributed by atoms with van der Waals surface area (Å²) in [7, 11) is 0. The van der Waals surface area contributed by atoms with Crippen LogP contribution in [0.2, 0.25) is 0 Å². The summed E-state index contributed by atoms with van der Waals surface area (Å²) in [4.78, 5) is -0.413. The van der Waals surface area contributed by atoms with Gasteiger partial charge in [-0.3, -0.25) is 0 Å². The fourth-order valence-corrected chi connectivity index (χ4v) is 1.63. The number of rotatable bonds is 2. The van der Waals surface area contributed by atoms with Crippen LogP contribution < -0.4 is 0 Å². The quantitative estimate of drug-likeness (QED) is 0.629. The molecule has 0 aromatic heterocycles. The first-order valence-corrected chi connectivity index (χ1v) is 4.87. The summed E-state index contributed by atoms with van der Waals surface area (Å²) in [5, 5.41) is 0. The molecule has 0 saturated carbocycles. The largest absolute Gasteiger partial charge is 0.133 e. The number of alkyl halides is 2. The molecule has 0 fully saturated rings. The highest BCUT2D eigenvalue weighted by molar-refractivity contribution is 6.44. The number of hydrogen-bond donors (Lipinski definition) is 0. The summed E-state index contributed by atoms with van der Waals surface area (Å²) in [5.41, 5.74) is 2.25. The van der Waals surface area contributed by atoms with Crippen LogP contribution in [0.1, 0.15) is 35.7 Å². The van der Waals surface area contributed by atoms with E-state index in [0.717, 1.165) is 5.56 Å². The second kappa shape index (κ2) is 4.15. The van der Waals surface area contributed by atoms with Crippen molar-refractivity contribution in [3.8, 4) is 0 Å². The third-order valence-electron chi connectivity index (χ3n) is 1.85. The zero-order valence-electron chi connectivity index (χ0n) is 7.22. The number of hydrogen-bond acceptors (Lipinski definition) is 0.